The smallest absolute Gasteiger partial charge is 0.225 e. The molecular weight excluding hydrogens is 270 g/mol. The van der Waals surface area contributed by atoms with Crippen molar-refractivity contribution in [3.63, 3.8) is 0 Å². The number of fused-ring (bicyclic) bond motifs is 2. The molecule has 4 heteroatoms. The highest BCUT2D eigenvalue weighted by Crippen LogP contribution is 2.71. The highest BCUT2D eigenvalue weighted by molar-refractivity contribution is 7.89. The molecule has 0 radical (unpaired) electrons. The van der Waals surface area contributed by atoms with E-state index in [1.54, 1.807) is 12.1 Å². The number of primary sulfonamides is 1. The number of hydrogen-bond donors (Lipinski definition) is 1. The van der Waals surface area contributed by atoms with E-state index in [-0.39, 0.29) is 10.8 Å². The first-order valence-corrected chi connectivity index (χ1v) is 8.84. The summed E-state index contributed by atoms with van der Waals surface area (Å²) in [7, 11) is -3.65. The Balaban J connectivity index is 2.14. The fourth-order valence-corrected chi connectivity index (χ4v) is 5.51. The van der Waals surface area contributed by atoms with Gasteiger partial charge in [-0.2, -0.15) is 0 Å². The Hall–Kier alpha value is -0.870. The second-order valence-electron chi connectivity index (χ2n) is 7.25. The number of hydrogen-bond acceptors (Lipinski definition) is 2. The van der Waals surface area contributed by atoms with Crippen LogP contribution in [0.3, 0.4) is 0 Å². The van der Waals surface area contributed by atoms with Crippen LogP contribution in [0, 0.1) is 16.7 Å². The van der Waals surface area contributed by atoms with Crippen molar-refractivity contribution < 1.29 is 8.42 Å². The van der Waals surface area contributed by atoms with E-state index >= 15 is 0 Å². The number of rotatable bonds is 2. The summed E-state index contributed by atoms with van der Waals surface area (Å²) in [5.41, 5.74) is 1.36. The van der Waals surface area contributed by atoms with Crippen molar-refractivity contribution in [1.29, 1.82) is 0 Å². The number of nitrogens with two attached hydrogens (primary N) is 1. The monoisotopic (exact) mass is 293 g/mol. The van der Waals surface area contributed by atoms with Crippen LogP contribution in [-0.2, 0) is 10.0 Å². The fraction of sp³-hybridized carbons (Fsp3) is 0.625. The maximum atomic E-state index is 11.9. The largest absolute Gasteiger partial charge is 0.238 e. The molecule has 3 nitrogen and oxygen atoms in total. The SMILES string of the molecule is CC1(C)[C@@H]2CC[C@]1(C)[C@H](c1ccccc1S(N)(=O)=O)C2. The van der Waals surface area contributed by atoms with E-state index in [0.29, 0.717) is 16.7 Å². The van der Waals surface area contributed by atoms with Gasteiger partial charge in [0.2, 0.25) is 10.0 Å². The molecule has 110 valence electrons. The molecule has 2 N–H and O–H groups in total. The molecule has 2 aliphatic rings. The Morgan fingerprint density at radius 3 is 2.35 bits per heavy atom. The van der Waals surface area contributed by atoms with Crippen LogP contribution in [0.2, 0.25) is 0 Å². The van der Waals surface area contributed by atoms with Crippen LogP contribution in [0.25, 0.3) is 0 Å². The quantitative estimate of drug-likeness (QED) is 0.909. The molecule has 3 atom stereocenters. The molecule has 1 aromatic carbocycles. The van der Waals surface area contributed by atoms with Crippen molar-refractivity contribution in [2.75, 3.05) is 0 Å². The summed E-state index contributed by atoms with van der Waals surface area (Å²) in [4.78, 5) is 0.314. The van der Waals surface area contributed by atoms with Gasteiger partial charge in [-0.25, -0.2) is 13.6 Å². The Bertz CT molecular complexity index is 650. The summed E-state index contributed by atoms with van der Waals surface area (Å²) in [6.45, 7) is 7.00. The molecule has 0 unspecified atom stereocenters. The first-order valence-electron chi connectivity index (χ1n) is 7.29. The van der Waals surface area contributed by atoms with Crippen molar-refractivity contribution in [2.24, 2.45) is 21.9 Å². The number of sulfonamides is 1. The van der Waals surface area contributed by atoms with Gasteiger partial charge < -0.3 is 0 Å². The van der Waals surface area contributed by atoms with E-state index in [1.807, 2.05) is 12.1 Å². The maximum Gasteiger partial charge on any atom is 0.238 e. The van der Waals surface area contributed by atoms with Gasteiger partial charge in [-0.1, -0.05) is 39.0 Å². The van der Waals surface area contributed by atoms with Gasteiger partial charge in [0, 0.05) is 0 Å². The molecule has 0 heterocycles. The zero-order chi connectivity index (χ0) is 14.8. The van der Waals surface area contributed by atoms with Crippen LogP contribution >= 0.6 is 0 Å². The summed E-state index contributed by atoms with van der Waals surface area (Å²) in [6, 6.07) is 7.27. The van der Waals surface area contributed by atoms with E-state index in [1.165, 1.54) is 12.8 Å². The van der Waals surface area contributed by atoms with Crippen LogP contribution < -0.4 is 5.14 Å². The topological polar surface area (TPSA) is 60.2 Å². The molecule has 20 heavy (non-hydrogen) atoms. The molecule has 0 saturated heterocycles. The zero-order valence-corrected chi connectivity index (χ0v) is 13.2. The van der Waals surface area contributed by atoms with Gasteiger partial charge in [-0.3, -0.25) is 0 Å². The third kappa shape index (κ3) is 1.70. The predicted molar refractivity (Wildman–Crippen MR) is 79.8 cm³/mol. The van der Waals surface area contributed by atoms with Gasteiger partial charge in [-0.15, -0.1) is 0 Å². The lowest BCUT2D eigenvalue weighted by Crippen LogP contribution is -2.32. The van der Waals surface area contributed by atoms with E-state index in [0.717, 1.165) is 12.0 Å². The summed E-state index contributed by atoms with van der Waals surface area (Å²) >= 11 is 0. The van der Waals surface area contributed by atoms with Crippen molar-refractivity contribution in [3.8, 4) is 0 Å². The predicted octanol–water partition coefficient (Wildman–Crippen LogP) is 3.26. The lowest BCUT2D eigenvalue weighted by atomic mass is 9.65. The van der Waals surface area contributed by atoms with Crippen molar-refractivity contribution in [2.45, 2.75) is 50.8 Å². The maximum absolute atomic E-state index is 11.9. The fourth-order valence-electron chi connectivity index (χ4n) is 4.70. The minimum absolute atomic E-state index is 0.165. The molecule has 2 fully saturated rings. The molecule has 0 aromatic heterocycles. The van der Waals surface area contributed by atoms with Gasteiger partial charge >= 0.3 is 0 Å². The van der Waals surface area contributed by atoms with Gasteiger partial charge in [-0.05, 0) is 53.6 Å². The van der Waals surface area contributed by atoms with Crippen molar-refractivity contribution in [3.05, 3.63) is 29.8 Å². The van der Waals surface area contributed by atoms with Crippen molar-refractivity contribution in [1.82, 2.24) is 0 Å². The number of benzene rings is 1. The summed E-state index contributed by atoms with van der Waals surface area (Å²) in [5.74, 6) is 0.983. The molecule has 3 rings (SSSR count). The molecule has 2 saturated carbocycles. The van der Waals surface area contributed by atoms with E-state index in [9.17, 15) is 8.42 Å². The van der Waals surface area contributed by atoms with Crippen molar-refractivity contribution >= 4 is 10.0 Å². The van der Waals surface area contributed by atoms with E-state index < -0.39 is 10.0 Å². The molecule has 0 amide bonds. The molecule has 0 spiro atoms. The van der Waals surface area contributed by atoms with Crippen LogP contribution in [0.15, 0.2) is 29.2 Å². The Kier molecular flexibility index (Phi) is 2.87. The average Bonchev–Trinajstić information content (AvgIpc) is 2.70. The van der Waals surface area contributed by atoms with Gasteiger partial charge in [0.05, 0.1) is 4.90 Å². The Morgan fingerprint density at radius 1 is 1.20 bits per heavy atom. The molecule has 1 aromatic rings. The average molecular weight is 293 g/mol. The van der Waals surface area contributed by atoms with Crippen LogP contribution in [0.5, 0.6) is 0 Å². The third-order valence-electron chi connectivity index (χ3n) is 6.39. The Morgan fingerprint density at radius 2 is 1.85 bits per heavy atom. The van der Waals surface area contributed by atoms with Gasteiger partial charge in [0.15, 0.2) is 0 Å². The Labute approximate surface area is 121 Å². The second kappa shape index (κ2) is 4.08. The lowest BCUT2D eigenvalue weighted by Gasteiger charge is -2.40. The van der Waals surface area contributed by atoms with Gasteiger partial charge in [0.25, 0.3) is 0 Å². The minimum atomic E-state index is -3.65. The summed E-state index contributed by atoms with van der Waals surface area (Å²) in [6.07, 6.45) is 3.52. The molecule has 2 bridgehead atoms. The zero-order valence-electron chi connectivity index (χ0n) is 12.4. The van der Waals surface area contributed by atoms with Crippen LogP contribution in [0.4, 0.5) is 0 Å². The molecular formula is C16H23NO2S. The molecule has 0 aliphatic heterocycles. The van der Waals surface area contributed by atoms with E-state index in [4.69, 9.17) is 5.14 Å². The molecule has 2 aliphatic carbocycles. The highest BCUT2D eigenvalue weighted by atomic mass is 32.2. The highest BCUT2D eigenvalue weighted by Gasteiger charge is 2.61. The minimum Gasteiger partial charge on any atom is -0.225 e. The lowest BCUT2D eigenvalue weighted by molar-refractivity contribution is 0.134. The second-order valence-corrected chi connectivity index (χ2v) is 8.78. The summed E-state index contributed by atoms with van der Waals surface area (Å²) < 4.78 is 23.7. The van der Waals surface area contributed by atoms with E-state index in [2.05, 4.69) is 20.8 Å². The van der Waals surface area contributed by atoms with Crippen LogP contribution in [-0.4, -0.2) is 8.42 Å². The third-order valence-corrected chi connectivity index (χ3v) is 7.38. The standard InChI is InChI=1S/C16H23NO2S/c1-15(2)11-8-9-16(15,3)13(10-11)12-6-4-5-7-14(12)20(17,18)19/h4-7,11,13H,8-10H2,1-3H3,(H2,17,18,19)/t11-,13+,16-/m1/s1. The first-order chi connectivity index (χ1) is 9.18. The van der Waals surface area contributed by atoms with Crippen LogP contribution in [0.1, 0.15) is 51.5 Å². The van der Waals surface area contributed by atoms with Gasteiger partial charge in [0.1, 0.15) is 0 Å². The summed E-state index contributed by atoms with van der Waals surface area (Å²) in [5, 5.41) is 5.41. The first kappa shape index (κ1) is 14.1. The normalized spacial score (nSPS) is 35.4.